The van der Waals surface area contributed by atoms with Crippen molar-refractivity contribution < 1.29 is 19.8 Å². The molecular formula is C11H13NO3. The number of benzene rings is 1. The van der Waals surface area contributed by atoms with Gasteiger partial charge < -0.3 is 14.8 Å². The van der Waals surface area contributed by atoms with Crippen molar-refractivity contribution >= 4 is 5.78 Å². The van der Waals surface area contributed by atoms with E-state index in [2.05, 4.69) is 5.32 Å². The summed E-state index contributed by atoms with van der Waals surface area (Å²) in [7, 11) is 0. The minimum absolute atomic E-state index is 0.306. The number of fused-ring (bicyclic) bond motifs is 1. The van der Waals surface area contributed by atoms with Gasteiger partial charge in [-0.25, -0.2) is 0 Å². The van der Waals surface area contributed by atoms with Gasteiger partial charge in [-0.05, 0) is 32.1 Å². The zero-order chi connectivity index (χ0) is 14.2. The molecule has 0 aliphatic carbocycles. The topological polar surface area (TPSA) is 47.6 Å². The second kappa shape index (κ2) is 3.90. The second-order valence-corrected chi connectivity index (χ2v) is 3.22. The first kappa shape index (κ1) is 6.12. The molecule has 1 heterocycles. The van der Waals surface area contributed by atoms with Gasteiger partial charge >= 0.3 is 0 Å². The largest absolute Gasteiger partial charge is 0.454 e. The highest BCUT2D eigenvalue weighted by molar-refractivity contribution is 6.00. The Kier molecular flexibility index (Phi) is 1.59. The van der Waals surface area contributed by atoms with Crippen LogP contribution >= 0.6 is 0 Å². The van der Waals surface area contributed by atoms with E-state index in [1.807, 2.05) is 0 Å². The van der Waals surface area contributed by atoms with Crippen LogP contribution in [0.1, 0.15) is 22.8 Å². The van der Waals surface area contributed by atoms with Gasteiger partial charge in [0.15, 0.2) is 17.3 Å². The Morgan fingerprint density at radius 1 is 1.60 bits per heavy atom. The third-order valence-corrected chi connectivity index (χ3v) is 2.19. The molecule has 0 saturated carbocycles. The summed E-state index contributed by atoms with van der Waals surface area (Å²) in [5, 5.41) is 2.24. The fraction of sp³-hybridized carbons (Fsp3) is 0.364. The number of Topliss-reactive ketones (excluding diaryl/α,β-unsaturated/α-hetero) is 1. The second-order valence-electron chi connectivity index (χ2n) is 3.22. The van der Waals surface area contributed by atoms with Crippen LogP contribution in [0.4, 0.5) is 0 Å². The van der Waals surface area contributed by atoms with Crippen LogP contribution in [0.2, 0.25) is 0 Å². The maximum absolute atomic E-state index is 12.0. The van der Waals surface area contributed by atoms with Crippen molar-refractivity contribution in [1.82, 2.24) is 5.32 Å². The molecule has 1 aromatic carbocycles. The van der Waals surface area contributed by atoms with Crippen molar-refractivity contribution in [2.24, 2.45) is 0 Å². The molecule has 80 valence electrons. The van der Waals surface area contributed by atoms with Crippen molar-refractivity contribution in [2.75, 3.05) is 13.7 Å². The molecule has 0 amide bonds. The summed E-state index contributed by atoms with van der Waals surface area (Å²) in [5.41, 5.74) is 0.306. The van der Waals surface area contributed by atoms with Gasteiger partial charge in [0.25, 0.3) is 0 Å². The normalized spacial score (nSPS) is 24.7. The zero-order valence-electron chi connectivity index (χ0n) is 12.1. The molecule has 0 fully saturated rings. The predicted octanol–water partition coefficient (Wildman–Crippen LogP) is 1.21. The number of ketones is 1. The lowest BCUT2D eigenvalue weighted by Crippen LogP contribution is -2.30. The van der Waals surface area contributed by atoms with Gasteiger partial charge in [0.2, 0.25) is 6.77 Å². The molecule has 15 heavy (non-hydrogen) atoms. The molecule has 2 atom stereocenters. The SMILES string of the molecule is [2H]C1Oc2ccc(C(=O)C(C)NC([2H])([2H])[2H])cc2O1. The van der Waals surface area contributed by atoms with E-state index in [-0.39, 0.29) is 5.78 Å². The van der Waals surface area contributed by atoms with Crippen LogP contribution in [0.25, 0.3) is 0 Å². The Morgan fingerprint density at radius 3 is 3.20 bits per heavy atom. The molecular weight excluding hydrogens is 194 g/mol. The summed E-state index contributed by atoms with van der Waals surface area (Å²) in [4.78, 5) is 12.0. The van der Waals surface area contributed by atoms with Crippen LogP contribution in [0.15, 0.2) is 18.2 Å². The number of nitrogens with one attached hydrogen (secondary N) is 1. The van der Waals surface area contributed by atoms with Gasteiger partial charge in [0.05, 0.1) is 6.04 Å². The number of ether oxygens (including phenoxy) is 2. The molecule has 1 N–H and O–H groups in total. The quantitative estimate of drug-likeness (QED) is 0.763. The number of hydrogen-bond acceptors (Lipinski definition) is 4. The lowest BCUT2D eigenvalue weighted by Gasteiger charge is -2.09. The third kappa shape index (κ3) is 1.80. The summed E-state index contributed by atoms with van der Waals surface area (Å²) < 4.78 is 38.5. The summed E-state index contributed by atoms with van der Waals surface area (Å²) in [6.07, 6.45) is 0. The first-order chi connectivity index (χ1) is 8.76. The fourth-order valence-electron chi connectivity index (χ4n) is 1.29. The lowest BCUT2D eigenvalue weighted by atomic mass is 10.1. The van der Waals surface area contributed by atoms with E-state index in [0.29, 0.717) is 17.1 Å². The highest BCUT2D eigenvalue weighted by Crippen LogP contribution is 2.32. The van der Waals surface area contributed by atoms with E-state index in [1.165, 1.54) is 25.1 Å². The molecule has 0 aromatic heterocycles. The lowest BCUT2D eigenvalue weighted by molar-refractivity contribution is 0.0954. The number of rotatable bonds is 3. The molecule has 1 aliphatic rings. The molecule has 1 aliphatic heterocycles. The van der Waals surface area contributed by atoms with Crippen LogP contribution in [-0.2, 0) is 0 Å². The number of carbonyl (C=O) groups excluding carboxylic acids is 1. The van der Waals surface area contributed by atoms with Crippen molar-refractivity contribution in [1.29, 1.82) is 0 Å². The van der Waals surface area contributed by atoms with E-state index in [1.54, 1.807) is 0 Å². The van der Waals surface area contributed by atoms with E-state index >= 15 is 0 Å². The molecule has 0 radical (unpaired) electrons. The summed E-state index contributed by atoms with van der Waals surface area (Å²) in [6.45, 7) is -2.03. The van der Waals surface area contributed by atoms with Crippen molar-refractivity contribution in [3.8, 4) is 11.5 Å². The monoisotopic (exact) mass is 211 g/mol. The smallest absolute Gasteiger partial charge is 0.231 e. The Hall–Kier alpha value is -1.55. The van der Waals surface area contributed by atoms with Crippen molar-refractivity contribution in [3.05, 3.63) is 23.8 Å². The molecule has 2 unspecified atom stereocenters. The number of carbonyl (C=O) groups is 1. The van der Waals surface area contributed by atoms with Gasteiger partial charge in [-0.1, -0.05) is 0 Å². The highest BCUT2D eigenvalue weighted by atomic mass is 16.7. The molecule has 0 bridgehead atoms. The van der Waals surface area contributed by atoms with Gasteiger partial charge in [0.1, 0.15) is 1.37 Å². The van der Waals surface area contributed by atoms with Crippen LogP contribution in [0, 0.1) is 0 Å². The number of hydrogen-bond donors (Lipinski definition) is 1. The number of likely N-dealkylation sites (N-methyl/N-ethyl adjacent to an activating group) is 1. The van der Waals surface area contributed by atoms with Gasteiger partial charge in [-0.2, -0.15) is 0 Å². The average molecular weight is 211 g/mol. The minimum Gasteiger partial charge on any atom is -0.454 e. The van der Waals surface area contributed by atoms with E-state index in [0.717, 1.165) is 0 Å². The molecule has 4 heteroatoms. The predicted molar refractivity (Wildman–Crippen MR) is 55.4 cm³/mol. The Morgan fingerprint density at radius 2 is 2.40 bits per heavy atom. The average Bonchev–Trinajstić information content (AvgIpc) is 2.64. The molecule has 2 rings (SSSR count). The molecule has 4 nitrogen and oxygen atoms in total. The summed E-state index contributed by atoms with van der Waals surface area (Å²) in [6, 6.07) is 3.64. The minimum atomic E-state index is -2.38. The van der Waals surface area contributed by atoms with E-state index in [4.69, 9.17) is 15.0 Å². The first-order valence-corrected chi connectivity index (χ1v) is 4.48. The van der Waals surface area contributed by atoms with Crippen LogP contribution in [0.5, 0.6) is 11.5 Å². The Balaban J connectivity index is 2.15. The third-order valence-electron chi connectivity index (χ3n) is 2.19. The summed E-state index contributed by atoms with van der Waals surface area (Å²) in [5.74, 6) is 0.343. The fourth-order valence-corrected chi connectivity index (χ4v) is 1.29. The van der Waals surface area contributed by atoms with E-state index < -0.39 is 19.8 Å². The van der Waals surface area contributed by atoms with Crippen LogP contribution in [0.3, 0.4) is 0 Å². The Labute approximate surface area is 93.8 Å². The molecule has 0 spiro atoms. The zero-order valence-corrected chi connectivity index (χ0v) is 8.11. The van der Waals surface area contributed by atoms with Crippen molar-refractivity contribution in [2.45, 2.75) is 13.0 Å². The molecule has 1 aromatic rings. The van der Waals surface area contributed by atoms with Crippen LogP contribution < -0.4 is 14.8 Å². The highest BCUT2D eigenvalue weighted by Gasteiger charge is 2.18. The molecule has 0 saturated heterocycles. The van der Waals surface area contributed by atoms with Crippen LogP contribution in [-0.4, -0.2) is 25.6 Å². The van der Waals surface area contributed by atoms with E-state index in [9.17, 15) is 4.79 Å². The summed E-state index contributed by atoms with van der Waals surface area (Å²) >= 11 is 0. The standard InChI is InChI=1S/C11H13NO3/c1-7(12-2)11(13)8-3-4-9-10(5-8)15-6-14-9/h3-5,7,12H,6H2,1-2H3/i2D3,6D. The van der Waals surface area contributed by atoms with Crippen molar-refractivity contribution in [3.63, 3.8) is 0 Å². The van der Waals surface area contributed by atoms with Gasteiger partial charge in [-0.15, -0.1) is 0 Å². The van der Waals surface area contributed by atoms with Gasteiger partial charge in [0, 0.05) is 9.68 Å². The maximum atomic E-state index is 12.0. The van der Waals surface area contributed by atoms with Gasteiger partial charge in [-0.3, -0.25) is 4.79 Å². The first-order valence-electron chi connectivity index (χ1n) is 6.55. The Bertz CT molecular complexity index is 503. The maximum Gasteiger partial charge on any atom is 0.231 e.